The van der Waals surface area contributed by atoms with Crippen molar-refractivity contribution < 1.29 is 0 Å². The Morgan fingerprint density at radius 2 is 1.04 bits per heavy atom. The molecule has 0 fully saturated rings. The molecule has 0 aromatic heterocycles. The minimum Gasteiger partial charge on any atom is -0.374 e. The van der Waals surface area contributed by atoms with Crippen molar-refractivity contribution in [2.24, 2.45) is 0 Å². The molecule has 5 rings (SSSR count). The third-order valence-electron chi connectivity index (χ3n) is 5.11. The zero-order valence-electron chi connectivity index (χ0n) is 14.4. The second-order valence-electron chi connectivity index (χ2n) is 6.81. The molecule has 2 aliphatic heterocycles. The first kappa shape index (κ1) is 15.0. The van der Waals surface area contributed by atoms with Gasteiger partial charge in [0.2, 0.25) is 0 Å². The lowest BCUT2D eigenvalue weighted by atomic mass is 9.94. The van der Waals surface area contributed by atoms with Gasteiger partial charge in [0.25, 0.3) is 0 Å². The predicted octanol–water partition coefficient (Wildman–Crippen LogP) is 6.05. The zero-order chi connectivity index (χ0) is 17.3. The summed E-state index contributed by atoms with van der Waals surface area (Å²) in [6, 6.07) is 26.1. The molecule has 2 N–H and O–H groups in total. The van der Waals surface area contributed by atoms with Crippen LogP contribution in [0.1, 0.15) is 34.3 Å². The highest BCUT2D eigenvalue weighted by molar-refractivity contribution is 5.72. The molecule has 0 aliphatic carbocycles. The van der Waals surface area contributed by atoms with Crippen LogP contribution in [0.4, 0.5) is 11.4 Å². The van der Waals surface area contributed by atoms with Crippen molar-refractivity contribution in [3.63, 3.8) is 0 Å². The summed E-state index contributed by atoms with van der Waals surface area (Å²) in [6.07, 6.45) is 8.89. The predicted molar refractivity (Wildman–Crippen MR) is 110 cm³/mol. The number of anilines is 2. The van der Waals surface area contributed by atoms with Crippen molar-refractivity contribution in [2.45, 2.75) is 12.1 Å². The molecule has 2 aliphatic rings. The van der Waals surface area contributed by atoms with Gasteiger partial charge in [0, 0.05) is 11.4 Å². The lowest BCUT2D eigenvalue weighted by Crippen LogP contribution is -2.15. The van der Waals surface area contributed by atoms with Gasteiger partial charge in [-0.3, -0.25) is 0 Å². The van der Waals surface area contributed by atoms with E-state index in [1.165, 1.54) is 33.6 Å². The van der Waals surface area contributed by atoms with E-state index in [9.17, 15) is 0 Å². The van der Waals surface area contributed by atoms with Crippen molar-refractivity contribution in [3.05, 3.63) is 107 Å². The van der Waals surface area contributed by atoms with Crippen LogP contribution in [0.5, 0.6) is 0 Å². The Morgan fingerprint density at radius 1 is 0.538 bits per heavy atom. The van der Waals surface area contributed by atoms with E-state index in [1.54, 1.807) is 0 Å². The molecular formula is C24H20N2. The Kier molecular flexibility index (Phi) is 3.60. The molecule has 0 radical (unpaired) electrons. The highest BCUT2D eigenvalue weighted by Gasteiger charge is 2.17. The maximum absolute atomic E-state index is 3.63. The molecule has 0 bridgehead atoms. The van der Waals surface area contributed by atoms with Gasteiger partial charge in [-0.2, -0.15) is 0 Å². The molecule has 3 aromatic rings. The number of rotatable bonds is 2. The van der Waals surface area contributed by atoms with Crippen LogP contribution >= 0.6 is 0 Å². The number of para-hydroxylation sites is 2. The molecule has 2 heteroatoms. The second-order valence-corrected chi connectivity index (χ2v) is 6.81. The van der Waals surface area contributed by atoms with Crippen molar-refractivity contribution in [1.29, 1.82) is 0 Å². The summed E-state index contributed by atoms with van der Waals surface area (Å²) >= 11 is 0. The van der Waals surface area contributed by atoms with Gasteiger partial charge < -0.3 is 10.6 Å². The van der Waals surface area contributed by atoms with Crippen molar-refractivity contribution in [2.75, 3.05) is 10.6 Å². The molecule has 3 aromatic carbocycles. The quantitative estimate of drug-likeness (QED) is 0.595. The highest BCUT2D eigenvalue weighted by atomic mass is 14.9. The van der Waals surface area contributed by atoms with Crippen LogP contribution < -0.4 is 10.6 Å². The summed E-state index contributed by atoms with van der Waals surface area (Å²) in [7, 11) is 0. The van der Waals surface area contributed by atoms with Gasteiger partial charge in [0.05, 0.1) is 12.1 Å². The summed E-state index contributed by atoms with van der Waals surface area (Å²) < 4.78 is 0. The van der Waals surface area contributed by atoms with E-state index in [1.807, 2.05) is 0 Å². The summed E-state index contributed by atoms with van der Waals surface area (Å²) in [5.41, 5.74) is 7.43. The standard InChI is InChI=1S/C24H20N2/c1-3-10-21-17(6-1)12-14-23(25-21)19-8-5-9-20(16-19)24-15-13-18-7-2-4-11-22(18)26-24/h1-16,23-26H. The monoisotopic (exact) mass is 336 g/mol. The summed E-state index contributed by atoms with van der Waals surface area (Å²) in [5, 5.41) is 7.27. The van der Waals surface area contributed by atoms with Crippen LogP contribution in [-0.4, -0.2) is 0 Å². The molecule has 126 valence electrons. The molecule has 0 saturated heterocycles. The first-order chi connectivity index (χ1) is 12.9. The summed E-state index contributed by atoms with van der Waals surface area (Å²) in [5.74, 6) is 0. The molecule has 0 saturated carbocycles. The summed E-state index contributed by atoms with van der Waals surface area (Å²) in [6.45, 7) is 0. The van der Waals surface area contributed by atoms with Crippen LogP contribution in [-0.2, 0) is 0 Å². The van der Waals surface area contributed by atoms with Gasteiger partial charge in [-0.1, -0.05) is 85.0 Å². The van der Waals surface area contributed by atoms with Crippen molar-refractivity contribution in [3.8, 4) is 0 Å². The number of hydrogen-bond donors (Lipinski definition) is 2. The Balaban J connectivity index is 1.43. The molecule has 26 heavy (non-hydrogen) atoms. The Bertz CT molecular complexity index is 937. The normalized spacial score (nSPS) is 19.8. The van der Waals surface area contributed by atoms with Gasteiger partial charge in [0.15, 0.2) is 0 Å². The fourth-order valence-electron chi connectivity index (χ4n) is 3.71. The van der Waals surface area contributed by atoms with Crippen LogP contribution in [0.3, 0.4) is 0 Å². The molecule has 2 nitrogen and oxygen atoms in total. The van der Waals surface area contributed by atoms with E-state index < -0.39 is 0 Å². The number of benzene rings is 3. The fraction of sp³-hybridized carbons (Fsp3) is 0.0833. The molecule has 2 atom stereocenters. The van der Waals surface area contributed by atoms with Crippen LogP contribution in [0.15, 0.2) is 84.9 Å². The third kappa shape index (κ3) is 2.70. The topological polar surface area (TPSA) is 24.1 Å². The van der Waals surface area contributed by atoms with Gasteiger partial charge in [-0.25, -0.2) is 0 Å². The Hall–Kier alpha value is -3.26. The smallest absolute Gasteiger partial charge is 0.0701 e. The van der Waals surface area contributed by atoms with E-state index in [-0.39, 0.29) is 12.1 Å². The lowest BCUT2D eigenvalue weighted by molar-refractivity contribution is 0.940. The number of fused-ring (bicyclic) bond motifs is 2. The Morgan fingerprint density at radius 3 is 1.58 bits per heavy atom. The maximum atomic E-state index is 3.63. The number of nitrogens with one attached hydrogen (secondary N) is 2. The van der Waals surface area contributed by atoms with Crippen molar-refractivity contribution in [1.82, 2.24) is 0 Å². The molecule has 2 heterocycles. The molecule has 2 unspecified atom stereocenters. The van der Waals surface area contributed by atoms with Gasteiger partial charge in [-0.15, -0.1) is 0 Å². The minimum atomic E-state index is 0.199. The van der Waals surface area contributed by atoms with E-state index in [0.29, 0.717) is 0 Å². The first-order valence-corrected chi connectivity index (χ1v) is 9.04. The average Bonchev–Trinajstić information content (AvgIpc) is 2.73. The Labute approximate surface area is 153 Å². The maximum Gasteiger partial charge on any atom is 0.0701 e. The zero-order valence-corrected chi connectivity index (χ0v) is 14.4. The van der Waals surface area contributed by atoms with Gasteiger partial charge in [0.1, 0.15) is 0 Å². The second kappa shape index (κ2) is 6.23. The highest BCUT2D eigenvalue weighted by Crippen LogP contribution is 2.33. The molecule has 0 amide bonds. The first-order valence-electron chi connectivity index (χ1n) is 9.04. The number of hydrogen-bond acceptors (Lipinski definition) is 2. The summed E-state index contributed by atoms with van der Waals surface area (Å²) in [4.78, 5) is 0. The largest absolute Gasteiger partial charge is 0.374 e. The van der Waals surface area contributed by atoms with E-state index in [2.05, 4.69) is 108 Å². The fourth-order valence-corrected chi connectivity index (χ4v) is 3.71. The van der Waals surface area contributed by atoms with Crippen LogP contribution in [0.25, 0.3) is 12.2 Å². The van der Waals surface area contributed by atoms with E-state index in [4.69, 9.17) is 0 Å². The van der Waals surface area contributed by atoms with Gasteiger partial charge in [-0.05, 0) is 34.4 Å². The van der Waals surface area contributed by atoms with E-state index in [0.717, 1.165) is 0 Å². The average molecular weight is 336 g/mol. The SMILES string of the molecule is C1=CC(c2cccc(C3C=Cc4ccccc4N3)c2)Nc2ccccc21. The van der Waals surface area contributed by atoms with Crippen LogP contribution in [0, 0.1) is 0 Å². The minimum absolute atomic E-state index is 0.199. The van der Waals surface area contributed by atoms with Gasteiger partial charge >= 0.3 is 0 Å². The molecule has 0 spiro atoms. The van der Waals surface area contributed by atoms with Crippen molar-refractivity contribution >= 4 is 23.5 Å². The van der Waals surface area contributed by atoms with E-state index >= 15 is 0 Å². The van der Waals surface area contributed by atoms with Crippen LogP contribution in [0.2, 0.25) is 0 Å². The lowest BCUT2D eigenvalue weighted by Gasteiger charge is -2.25. The third-order valence-corrected chi connectivity index (χ3v) is 5.11. The molecular weight excluding hydrogens is 316 g/mol.